The van der Waals surface area contributed by atoms with E-state index in [9.17, 15) is 24.0 Å². The third kappa shape index (κ3) is 15.3. The lowest BCUT2D eigenvalue weighted by Crippen LogP contribution is -2.46. The Balaban J connectivity index is 4.32. The van der Waals surface area contributed by atoms with Gasteiger partial charge in [0.2, 0.25) is 23.6 Å². The van der Waals surface area contributed by atoms with Gasteiger partial charge in [-0.2, -0.15) is 5.10 Å². The molecule has 13 heteroatoms. The number of nitrogens with zero attached hydrogens (tertiary/aromatic N) is 2. The first kappa shape index (κ1) is 33.5. The molecule has 0 rings (SSSR count). The van der Waals surface area contributed by atoms with E-state index in [4.69, 9.17) is 16.7 Å². The molecule has 0 fully saturated rings. The molecule has 210 valence electrons. The molecule has 0 aliphatic carbocycles. The van der Waals surface area contributed by atoms with Gasteiger partial charge in [0.1, 0.15) is 12.1 Å². The van der Waals surface area contributed by atoms with Gasteiger partial charge in [0, 0.05) is 38.1 Å². The summed E-state index contributed by atoms with van der Waals surface area (Å²) < 4.78 is 0. The highest BCUT2D eigenvalue weighted by molar-refractivity contribution is 6.31. The van der Waals surface area contributed by atoms with Crippen LogP contribution in [0.2, 0.25) is 0 Å². The summed E-state index contributed by atoms with van der Waals surface area (Å²) in [7, 11) is 0. The first-order valence-electron chi connectivity index (χ1n) is 12.6. The SMILES string of the molecule is CC[C@@H](C)C(=O)N[C@H](C)C(=O)NCCCCCN=CC(C[C@H](NC(=O)CC[C@H](C)C(=O)O)C(N)=O)=NN. The second-order valence-electron chi connectivity index (χ2n) is 9.05. The van der Waals surface area contributed by atoms with E-state index >= 15 is 0 Å². The molecule has 8 N–H and O–H groups in total. The Bertz CT molecular complexity index is 830. The average molecular weight is 526 g/mol. The van der Waals surface area contributed by atoms with E-state index in [2.05, 4.69) is 26.0 Å². The van der Waals surface area contributed by atoms with Crippen molar-refractivity contribution in [3.63, 3.8) is 0 Å². The van der Waals surface area contributed by atoms with Gasteiger partial charge in [-0.15, -0.1) is 0 Å². The van der Waals surface area contributed by atoms with Crippen molar-refractivity contribution in [1.82, 2.24) is 16.0 Å². The molecule has 0 aliphatic rings. The number of carbonyl (C=O) groups is 5. The van der Waals surface area contributed by atoms with E-state index in [1.165, 1.54) is 13.1 Å². The lowest BCUT2D eigenvalue weighted by Gasteiger charge is -2.16. The molecule has 0 unspecified atom stereocenters. The van der Waals surface area contributed by atoms with Crippen molar-refractivity contribution in [1.29, 1.82) is 0 Å². The number of amides is 4. The number of unbranched alkanes of at least 4 members (excludes halogenated alkanes) is 2. The molecular formula is C24H43N7O6. The van der Waals surface area contributed by atoms with Gasteiger partial charge in [0.05, 0.1) is 11.6 Å². The Morgan fingerprint density at radius 1 is 0.973 bits per heavy atom. The van der Waals surface area contributed by atoms with Gasteiger partial charge in [-0.1, -0.05) is 20.8 Å². The van der Waals surface area contributed by atoms with Crippen LogP contribution in [0.4, 0.5) is 0 Å². The van der Waals surface area contributed by atoms with E-state index in [0.29, 0.717) is 19.5 Å². The van der Waals surface area contributed by atoms with Crippen molar-refractivity contribution in [2.24, 2.45) is 33.5 Å². The minimum Gasteiger partial charge on any atom is -0.481 e. The molecule has 0 aromatic heterocycles. The normalized spacial score (nSPS) is 14.9. The van der Waals surface area contributed by atoms with Crippen molar-refractivity contribution in [2.45, 2.75) is 84.7 Å². The number of hydrazone groups is 1. The summed E-state index contributed by atoms with van der Waals surface area (Å²) in [6, 6.07) is -1.65. The van der Waals surface area contributed by atoms with Gasteiger partial charge < -0.3 is 32.6 Å². The van der Waals surface area contributed by atoms with E-state index < -0.39 is 35.8 Å². The maximum atomic E-state index is 12.1. The molecule has 0 saturated heterocycles. The first-order valence-corrected chi connectivity index (χ1v) is 12.6. The minimum absolute atomic E-state index is 0.0483. The Morgan fingerprint density at radius 3 is 2.22 bits per heavy atom. The highest BCUT2D eigenvalue weighted by Crippen LogP contribution is 2.06. The summed E-state index contributed by atoms with van der Waals surface area (Å²) >= 11 is 0. The predicted molar refractivity (Wildman–Crippen MR) is 141 cm³/mol. The summed E-state index contributed by atoms with van der Waals surface area (Å²) in [4.78, 5) is 62.8. The summed E-state index contributed by atoms with van der Waals surface area (Å²) in [5, 5.41) is 20.4. The van der Waals surface area contributed by atoms with E-state index in [0.717, 1.165) is 19.3 Å². The maximum Gasteiger partial charge on any atom is 0.306 e. The highest BCUT2D eigenvalue weighted by atomic mass is 16.4. The van der Waals surface area contributed by atoms with Gasteiger partial charge in [-0.25, -0.2) is 0 Å². The number of carboxylic acid groups (broad SMARTS) is 1. The van der Waals surface area contributed by atoms with Gasteiger partial charge in [-0.3, -0.25) is 29.0 Å². The Morgan fingerprint density at radius 2 is 1.65 bits per heavy atom. The van der Waals surface area contributed by atoms with Crippen LogP contribution in [0.1, 0.15) is 72.6 Å². The minimum atomic E-state index is -1.05. The summed E-state index contributed by atoms with van der Waals surface area (Å²) in [6.07, 6.45) is 4.42. The molecule has 0 saturated carbocycles. The zero-order valence-electron chi connectivity index (χ0n) is 22.3. The molecule has 0 aromatic carbocycles. The molecule has 4 atom stereocenters. The Kier molecular flexibility index (Phi) is 16.9. The number of primary amides is 1. The van der Waals surface area contributed by atoms with Crippen LogP contribution in [0.15, 0.2) is 10.1 Å². The van der Waals surface area contributed by atoms with Crippen LogP contribution in [0.5, 0.6) is 0 Å². The van der Waals surface area contributed by atoms with Crippen molar-refractivity contribution in [3.05, 3.63) is 0 Å². The van der Waals surface area contributed by atoms with Gasteiger partial charge in [-0.05, 0) is 39.0 Å². The standard InChI is InChI=1S/C24H43N7O6/c1-5-15(2)22(34)29-17(4)23(35)28-12-8-6-7-11-27-14-18(31-26)13-19(21(25)33)30-20(32)10-9-16(3)24(36)37/h14-17,19H,5-13,26H2,1-4H3,(H2,25,33)(H,28,35)(H,29,34)(H,30,32)(H,36,37)/t15-,16+,17-,19+/m1/s1. The number of hydrogen-bond donors (Lipinski definition) is 6. The fourth-order valence-corrected chi connectivity index (χ4v) is 2.95. The number of hydrogen-bond acceptors (Lipinski definition) is 8. The quantitative estimate of drug-likeness (QED) is 0.0589. The molecular weight excluding hydrogens is 482 g/mol. The lowest BCUT2D eigenvalue weighted by molar-refractivity contribution is -0.141. The van der Waals surface area contributed by atoms with Crippen molar-refractivity contribution in [3.8, 4) is 0 Å². The van der Waals surface area contributed by atoms with Crippen LogP contribution in [0.25, 0.3) is 0 Å². The van der Waals surface area contributed by atoms with Crippen LogP contribution in [-0.2, 0) is 24.0 Å². The topological polar surface area (TPSA) is 218 Å². The average Bonchev–Trinajstić information content (AvgIpc) is 2.86. The van der Waals surface area contributed by atoms with Crippen LogP contribution in [-0.4, -0.2) is 71.8 Å². The van der Waals surface area contributed by atoms with Crippen molar-refractivity contribution >= 4 is 41.5 Å². The van der Waals surface area contributed by atoms with E-state index in [1.807, 2.05) is 13.8 Å². The van der Waals surface area contributed by atoms with Crippen LogP contribution in [0, 0.1) is 11.8 Å². The summed E-state index contributed by atoms with van der Waals surface area (Å²) in [6.45, 7) is 7.81. The Labute approximate surface area is 218 Å². The summed E-state index contributed by atoms with van der Waals surface area (Å²) in [5.74, 6) is 1.90. The molecule has 0 bridgehead atoms. The zero-order valence-corrected chi connectivity index (χ0v) is 22.3. The second kappa shape index (κ2) is 18.7. The Hall–Kier alpha value is -3.51. The third-order valence-corrected chi connectivity index (χ3v) is 5.80. The monoisotopic (exact) mass is 525 g/mol. The van der Waals surface area contributed by atoms with Gasteiger partial charge >= 0.3 is 5.97 Å². The zero-order chi connectivity index (χ0) is 28.4. The fraction of sp³-hybridized carbons (Fsp3) is 0.708. The van der Waals surface area contributed by atoms with Gasteiger partial charge in [0.25, 0.3) is 0 Å². The number of carbonyl (C=O) groups excluding carboxylic acids is 4. The number of carboxylic acids is 1. The molecule has 0 heterocycles. The molecule has 0 radical (unpaired) electrons. The van der Waals surface area contributed by atoms with E-state index in [1.54, 1.807) is 6.92 Å². The number of rotatable bonds is 19. The third-order valence-electron chi connectivity index (χ3n) is 5.80. The van der Waals surface area contributed by atoms with Crippen molar-refractivity contribution < 1.29 is 29.1 Å². The van der Waals surface area contributed by atoms with Gasteiger partial charge in [0.15, 0.2) is 0 Å². The number of nitrogens with one attached hydrogen (secondary N) is 3. The largest absolute Gasteiger partial charge is 0.481 e. The van der Waals surface area contributed by atoms with Crippen LogP contribution in [0.3, 0.4) is 0 Å². The molecule has 13 nitrogen and oxygen atoms in total. The fourth-order valence-electron chi connectivity index (χ4n) is 2.95. The molecule has 0 aromatic rings. The van der Waals surface area contributed by atoms with E-state index in [-0.39, 0.29) is 42.7 Å². The van der Waals surface area contributed by atoms with Crippen molar-refractivity contribution in [2.75, 3.05) is 13.1 Å². The second-order valence-corrected chi connectivity index (χ2v) is 9.05. The first-order chi connectivity index (χ1) is 17.4. The van der Waals surface area contributed by atoms with Crippen LogP contribution < -0.4 is 27.5 Å². The van der Waals surface area contributed by atoms with Crippen LogP contribution >= 0.6 is 0 Å². The molecule has 0 spiro atoms. The lowest BCUT2D eigenvalue weighted by atomic mass is 10.0. The summed E-state index contributed by atoms with van der Waals surface area (Å²) in [5.41, 5.74) is 5.63. The number of aliphatic carboxylic acids is 1. The molecule has 4 amide bonds. The number of aliphatic imine (C=N–C) groups is 1. The smallest absolute Gasteiger partial charge is 0.306 e. The predicted octanol–water partition coefficient (Wildman–Crippen LogP) is 0.0703. The molecule has 37 heavy (non-hydrogen) atoms. The molecule has 0 aliphatic heterocycles. The maximum absolute atomic E-state index is 12.1. The number of nitrogens with two attached hydrogens (primary N) is 2. The highest BCUT2D eigenvalue weighted by Gasteiger charge is 2.21.